The Morgan fingerprint density at radius 3 is 2.60 bits per heavy atom. The van der Waals surface area contributed by atoms with E-state index in [9.17, 15) is 19.7 Å². The van der Waals surface area contributed by atoms with Crippen LogP contribution in [0.3, 0.4) is 0 Å². The molecule has 0 aliphatic rings. The van der Waals surface area contributed by atoms with Gasteiger partial charge in [-0.2, -0.15) is 0 Å². The summed E-state index contributed by atoms with van der Waals surface area (Å²) in [5.74, 6) is -1.80. The van der Waals surface area contributed by atoms with Crippen molar-refractivity contribution in [3.8, 4) is 0 Å². The van der Waals surface area contributed by atoms with E-state index in [1.807, 2.05) is 0 Å². The Hall–Kier alpha value is -2.15. The molecule has 0 radical (unpaired) electrons. The number of aliphatic carboxylic acids is 1. The number of hydrogen-bond donors (Lipinski definition) is 1. The van der Waals surface area contributed by atoms with Crippen LogP contribution in [0.15, 0.2) is 18.2 Å². The predicted octanol–water partition coefficient (Wildman–Crippen LogP) is 2.18. The van der Waals surface area contributed by atoms with Gasteiger partial charge in [-0.1, -0.05) is 18.5 Å². The summed E-state index contributed by atoms with van der Waals surface area (Å²) in [6.07, 6.45) is 0.561. The second kappa shape index (κ2) is 6.85. The first-order valence-electron chi connectivity index (χ1n) is 5.81. The first-order valence-corrected chi connectivity index (χ1v) is 6.19. The average Bonchev–Trinajstić information content (AvgIpc) is 2.37. The van der Waals surface area contributed by atoms with Crippen molar-refractivity contribution in [1.29, 1.82) is 0 Å². The molecule has 8 heteroatoms. The molecule has 0 bridgehead atoms. The van der Waals surface area contributed by atoms with Crippen molar-refractivity contribution in [3.63, 3.8) is 0 Å². The summed E-state index contributed by atoms with van der Waals surface area (Å²) in [6, 6.07) is 3.48. The van der Waals surface area contributed by atoms with Crippen LogP contribution in [0.5, 0.6) is 0 Å². The highest BCUT2D eigenvalue weighted by atomic mass is 35.5. The summed E-state index contributed by atoms with van der Waals surface area (Å²) in [7, 11) is 0. The van der Waals surface area contributed by atoms with Gasteiger partial charge in [0.25, 0.3) is 11.6 Å². The highest BCUT2D eigenvalue weighted by Gasteiger charge is 2.22. The number of nitro benzene ring substituents is 1. The maximum Gasteiger partial charge on any atom is 0.323 e. The molecule has 1 aromatic carbocycles. The van der Waals surface area contributed by atoms with Gasteiger partial charge in [-0.25, -0.2) is 0 Å². The number of benzene rings is 1. The lowest BCUT2D eigenvalue weighted by Gasteiger charge is -2.20. The number of nitrogens with zero attached hydrogens (tertiary/aromatic N) is 2. The molecule has 108 valence electrons. The van der Waals surface area contributed by atoms with Crippen molar-refractivity contribution in [3.05, 3.63) is 38.9 Å². The molecule has 1 N–H and O–H groups in total. The number of non-ortho nitro benzene ring substituents is 1. The lowest BCUT2D eigenvalue weighted by atomic mass is 10.1. The van der Waals surface area contributed by atoms with Gasteiger partial charge in [-0.05, 0) is 12.5 Å². The zero-order chi connectivity index (χ0) is 15.3. The van der Waals surface area contributed by atoms with Crippen LogP contribution in [0.4, 0.5) is 5.69 Å². The van der Waals surface area contributed by atoms with Crippen molar-refractivity contribution in [2.45, 2.75) is 13.3 Å². The van der Waals surface area contributed by atoms with Crippen LogP contribution in [-0.4, -0.2) is 39.9 Å². The van der Waals surface area contributed by atoms with E-state index in [4.69, 9.17) is 16.7 Å². The fraction of sp³-hybridized carbons (Fsp3) is 0.333. The largest absolute Gasteiger partial charge is 0.480 e. The Morgan fingerprint density at radius 1 is 1.45 bits per heavy atom. The Kier molecular flexibility index (Phi) is 5.45. The summed E-state index contributed by atoms with van der Waals surface area (Å²) in [6.45, 7) is 1.53. The lowest BCUT2D eigenvalue weighted by Crippen LogP contribution is -2.36. The number of carboxylic acid groups (broad SMARTS) is 1. The summed E-state index contributed by atoms with van der Waals surface area (Å²) in [5, 5.41) is 19.5. The standard InChI is InChI=1S/C12H13ClN2O5/c1-2-5-14(7-11(16)17)12(18)9-6-8(15(19)20)3-4-10(9)13/h3-4,6H,2,5,7H2,1H3,(H,16,17). The highest BCUT2D eigenvalue weighted by molar-refractivity contribution is 6.34. The number of halogens is 1. The molecule has 0 unspecified atom stereocenters. The Balaban J connectivity index is 3.13. The normalized spacial score (nSPS) is 10.1. The van der Waals surface area contributed by atoms with Crippen LogP contribution in [0.25, 0.3) is 0 Å². The van der Waals surface area contributed by atoms with Crippen molar-refractivity contribution >= 4 is 29.2 Å². The van der Waals surface area contributed by atoms with E-state index in [1.165, 1.54) is 12.1 Å². The van der Waals surface area contributed by atoms with Gasteiger partial charge in [-0.3, -0.25) is 19.7 Å². The Bertz CT molecular complexity index is 547. The van der Waals surface area contributed by atoms with Crippen LogP contribution in [0, 0.1) is 10.1 Å². The van der Waals surface area contributed by atoms with Gasteiger partial charge < -0.3 is 10.0 Å². The van der Waals surface area contributed by atoms with Crippen molar-refractivity contribution in [2.75, 3.05) is 13.1 Å². The number of nitro groups is 1. The molecule has 0 atom stereocenters. The molecule has 0 saturated carbocycles. The fourth-order valence-electron chi connectivity index (χ4n) is 1.65. The zero-order valence-electron chi connectivity index (χ0n) is 10.7. The number of carboxylic acids is 1. The number of carbonyl (C=O) groups is 2. The molecule has 0 aliphatic carbocycles. The molecular weight excluding hydrogens is 288 g/mol. The molecule has 0 fully saturated rings. The number of amides is 1. The third-order valence-corrected chi connectivity index (χ3v) is 2.83. The van der Waals surface area contributed by atoms with Gasteiger partial charge in [0.1, 0.15) is 6.54 Å². The maximum absolute atomic E-state index is 12.2. The first-order chi connectivity index (χ1) is 9.36. The molecule has 1 amide bonds. The molecule has 20 heavy (non-hydrogen) atoms. The molecule has 0 aliphatic heterocycles. The van der Waals surface area contributed by atoms with Crippen molar-refractivity contribution < 1.29 is 19.6 Å². The monoisotopic (exact) mass is 300 g/mol. The minimum atomic E-state index is -1.16. The zero-order valence-corrected chi connectivity index (χ0v) is 11.5. The summed E-state index contributed by atoms with van der Waals surface area (Å²) >= 11 is 5.86. The molecule has 0 heterocycles. The minimum absolute atomic E-state index is 0.0482. The van der Waals surface area contributed by atoms with Gasteiger partial charge in [0.05, 0.1) is 15.5 Å². The first kappa shape index (κ1) is 15.9. The molecule has 0 aromatic heterocycles. The minimum Gasteiger partial charge on any atom is -0.480 e. The van der Waals surface area contributed by atoms with E-state index < -0.39 is 23.3 Å². The molecule has 7 nitrogen and oxygen atoms in total. The summed E-state index contributed by atoms with van der Waals surface area (Å²) < 4.78 is 0. The van der Waals surface area contributed by atoms with Gasteiger partial charge in [-0.15, -0.1) is 0 Å². The molecule has 1 rings (SSSR count). The highest BCUT2D eigenvalue weighted by Crippen LogP contribution is 2.23. The van der Waals surface area contributed by atoms with E-state index in [1.54, 1.807) is 6.92 Å². The fourth-order valence-corrected chi connectivity index (χ4v) is 1.85. The van der Waals surface area contributed by atoms with Gasteiger partial charge >= 0.3 is 5.97 Å². The third-order valence-electron chi connectivity index (χ3n) is 2.50. The van der Waals surface area contributed by atoms with E-state index in [0.29, 0.717) is 6.42 Å². The van der Waals surface area contributed by atoms with Crippen molar-refractivity contribution in [2.24, 2.45) is 0 Å². The maximum atomic E-state index is 12.2. The van der Waals surface area contributed by atoms with Crippen molar-refractivity contribution in [1.82, 2.24) is 4.90 Å². The number of rotatable bonds is 6. The lowest BCUT2D eigenvalue weighted by molar-refractivity contribution is -0.384. The topological polar surface area (TPSA) is 101 Å². The van der Waals surface area contributed by atoms with Gasteiger partial charge in [0.2, 0.25) is 0 Å². The second-order valence-corrected chi connectivity index (χ2v) is 4.45. The summed E-state index contributed by atoms with van der Waals surface area (Å²) in [5.41, 5.74) is -0.347. The molecular formula is C12H13ClN2O5. The number of carbonyl (C=O) groups excluding carboxylic acids is 1. The van der Waals surface area contributed by atoms with E-state index in [2.05, 4.69) is 0 Å². The Morgan fingerprint density at radius 2 is 2.10 bits per heavy atom. The molecule has 1 aromatic rings. The van der Waals surface area contributed by atoms with Crippen LogP contribution in [0.2, 0.25) is 5.02 Å². The number of hydrogen-bond acceptors (Lipinski definition) is 4. The molecule has 0 spiro atoms. The van der Waals surface area contributed by atoms with Crippen LogP contribution < -0.4 is 0 Å². The van der Waals surface area contributed by atoms with Gasteiger partial charge in [0, 0.05) is 18.7 Å². The third kappa shape index (κ3) is 3.92. The van der Waals surface area contributed by atoms with Crippen LogP contribution in [0.1, 0.15) is 23.7 Å². The van der Waals surface area contributed by atoms with E-state index in [-0.39, 0.29) is 22.8 Å². The second-order valence-electron chi connectivity index (χ2n) is 4.04. The molecule has 0 saturated heterocycles. The average molecular weight is 301 g/mol. The SMILES string of the molecule is CCCN(CC(=O)O)C(=O)c1cc([N+](=O)[O-])ccc1Cl. The van der Waals surface area contributed by atoms with E-state index in [0.717, 1.165) is 11.0 Å². The van der Waals surface area contributed by atoms with E-state index >= 15 is 0 Å². The Labute approximate surface area is 119 Å². The summed E-state index contributed by atoms with van der Waals surface area (Å²) in [4.78, 5) is 34.1. The van der Waals surface area contributed by atoms with Crippen LogP contribution in [-0.2, 0) is 4.79 Å². The van der Waals surface area contributed by atoms with Crippen LogP contribution >= 0.6 is 11.6 Å². The smallest absolute Gasteiger partial charge is 0.323 e. The van der Waals surface area contributed by atoms with Gasteiger partial charge in [0.15, 0.2) is 0 Å². The predicted molar refractivity (Wildman–Crippen MR) is 71.9 cm³/mol. The quantitative estimate of drug-likeness (QED) is 0.641.